The summed E-state index contributed by atoms with van der Waals surface area (Å²) in [4.78, 5) is 23.8. The van der Waals surface area contributed by atoms with Crippen LogP contribution < -0.4 is 5.32 Å². The Morgan fingerprint density at radius 3 is 2.70 bits per heavy atom. The van der Waals surface area contributed by atoms with Crippen molar-refractivity contribution in [1.29, 1.82) is 0 Å². The molecular weight excluding hydrogens is 348 g/mol. The standard InChI is InChI=1S/C13H12BrClN2O3/c1-2-5-17(8-13(19)20)7-12(18)16-11-4-3-9(14)6-10(11)15/h1,3-4,6H,5,7-8H2,(H,16,18)(H,19,20). The third-order valence-electron chi connectivity index (χ3n) is 2.25. The molecule has 1 amide bonds. The molecule has 2 N–H and O–H groups in total. The van der Waals surface area contributed by atoms with E-state index < -0.39 is 5.97 Å². The molecule has 7 heteroatoms. The van der Waals surface area contributed by atoms with Crippen LogP contribution in [-0.4, -0.2) is 41.5 Å². The Bertz CT molecular complexity index is 557. The molecule has 20 heavy (non-hydrogen) atoms. The number of hydrogen-bond acceptors (Lipinski definition) is 3. The highest BCUT2D eigenvalue weighted by molar-refractivity contribution is 9.10. The van der Waals surface area contributed by atoms with E-state index in [2.05, 4.69) is 27.2 Å². The lowest BCUT2D eigenvalue weighted by atomic mass is 10.3. The number of carbonyl (C=O) groups is 2. The number of amides is 1. The van der Waals surface area contributed by atoms with Crippen LogP contribution in [0.3, 0.4) is 0 Å². The largest absolute Gasteiger partial charge is 0.480 e. The summed E-state index contributed by atoms with van der Waals surface area (Å²) in [5.74, 6) is 0.881. The minimum absolute atomic E-state index is 0.0772. The van der Waals surface area contributed by atoms with Gasteiger partial charge in [-0.1, -0.05) is 33.5 Å². The maximum Gasteiger partial charge on any atom is 0.317 e. The Labute approximate surface area is 130 Å². The van der Waals surface area contributed by atoms with Crippen molar-refractivity contribution in [2.75, 3.05) is 25.0 Å². The van der Waals surface area contributed by atoms with E-state index in [4.69, 9.17) is 23.1 Å². The number of halogens is 2. The molecule has 0 aliphatic rings. The predicted molar refractivity (Wildman–Crippen MR) is 80.7 cm³/mol. The molecule has 0 unspecified atom stereocenters. The number of carbonyl (C=O) groups excluding carboxylic acids is 1. The molecule has 0 atom stereocenters. The van der Waals surface area contributed by atoms with Gasteiger partial charge in [-0.25, -0.2) is 0 Å². The summed E-state index contributed by atoms with van der Waals surface area (Å²) < 4.78 is 0.792. The number of anilines is 1. The van der Waals surface area contributed by atoms with E-state index >= 15 is 0 Å². The van der Waals surface area contributed by atoms with Crippen LogP contribution in [0.2, 0.25) is 5.02 Å². The zero-order chi connectivity index (χ0) is 15.1. The Balaban J connectivity index is 2.65. The van der Waals surface area contributed by atoms with Gasteiger partial charge in [0.15, 0.2) is 0 Å². The van der Waals surface area contributed by atoms with Crippen LogP contribution in [0, 0.1) is 12.3 Å². The van der Waals surface area contributed by atoms with E-state index in [1.54, 1.807) is 18.2 Å². The number of benzene rings is 1. The Hall–Kier alpha value is -1.55. The van der Waals surface area contributed by atoms with Gasteiger partial charge in [-0.05, 0) is 18.2 Å². The number of nitrogens with one attached hydrogen (secondary N) is 1. The molecule has 1 rings (SSSR count). The van der Waals surface area contributed by atoms with Crippen molar-refractivity contribution in [2.45, 2.75) is 0 Å². The number of carboxylic acid groups (broad SMARTS) is 1. The van der Waals surface area contributed by atoms with Gasteiger partial charge < -0.3 is 10.4 Å². The molecule has 0 aromatic heterocycles. The van der Waals surface area contributed by atoms with Gasteiger partial charge in [0.1, 0.15) is 0 Å². The van der Waals surface area contributed by atoms with Crippen LogP contribution in [0.4, 0.5) is 5.69 Å². The Kier molecular flexibility index (Phi) is 6.52. The van der Waals surface area contributed by atoms with Gasteiger partial charge in [0.25, 0.3) is 0 Å². The fraction of sp³-hybridized carbons (Fsp3) is 0.231. The first kappa shape index (κ1) is 16.5. The average Bonchev–Trinajstić information content (AvgIpc) is 2.32. The minimum atomic E-state index is -1.05. The van der Waals surface area contributed by atoms with Crippen molar-refractivity contribution in [3.8, 4) is 12.3 Å². The summed E-state index contributed by atoms with van der Waals surface area (Å²) in [6, 6.07) is 5.03. The first-order valence-electron chi connectivity index (χ1n) is 5.55. The van der Waals surface area contributed by atoms with E-state index in [0.29, 0.717) is 10.7 Å². The number of hydrogen-bond donors (Lipinski definition) is 2. The van der Waals surface area contributed by atoms with Gasteiger partial charge in [0.05, 0.1) is 30.3 Å². The van der Waals surface area contributed by atoms with Crippen LogP contribution >= 0.6 is 27.5 Å². The smallest absolute Gasteiger partial charge is 0.317 e. The number of nitrogens with zero attached hydrogens (tertiary/aromatic N) is 1. The van der Waals surface area contributed by atoms with Crippen LogP contribution in [0.1, 0.15) is 0 Å². The molecule has 0 bridgehead atoms. The molecule has 0 saturated heterocycles. The molecule has 0 radical (unpaired) electrons. The van der Waals surface area contributed by atoms with Crippen molar-refractivity contribution in [3.63, 3.8) is 0 Å². The fourth-order valence-electron chi connectivity index (χ4n) is 1.47. The first-order chi connectivity index (χ1) is 9.42. The Morgan fingerprint density at radius 1 is 1.45 bits per heavy atom. The quantitative estimate of drug-likeness (QED) is 0.763. The van der Waals surface area contributed by atoms with Gasteiger partial charge >= 0.3 is 5.97 Å². The lowest BCUT2D eigenvalue weighted by Gasteiger charge is -2.17. The van der Waals surface area contributed by atoms with E-state index in [9.17, 15) is 9.59 Å². The molecule has 0 spiro atoms. The summed E-state index contributed by atoms with van der Waals surface area (Å²) >= 11 is 9.23. The van der Waals surface area contributed by atoms with E-state index in [1.165, 1.54) is 4.90 Å². The van der Waals surface area contributed by atoms with Gasteiger partial charge in [-0.3, -0.25) is 14.5 Å². The summed E-state index contributed by atoms with van der Waals surface area (Å²) in [6.45, 7) is -0.345. The molecule has 1 aromatic carbocycles. The van der Waals surface area contributed by atoms with Crippen LogP contribution in [0.25, 0.3) is 0 Å². The lowest BCUT2D eigenvalue weighted by molar-refractivity contribution is -0.138. The van der Waals surface area contributed by atoms with Crippen molar-refractivity contribution in [1.82, 2.24) is 4.90 Å². The highest BCUT2D eigenvalue weighted by atomic mass is 79.9. The molecule has 0 saturated carbocycles. The third-order valence-corrected chi connectivity index (χ3v) is 3.05. The monoisotopic (exact) mass is 358 g/mol. The summed E-state index contributed by atoms with van der Waals surface area (Å²) in [7, 11) is 0. The van der Waals surface area contributed by atoms with Crippen LogP contribution in [0.15, 0.2) is 22.7 Å². The van der Waals surface area contributed by atoms with Crippen LogP contribution in [0.5, 0.6) is 0 Å². The molecule has 1 aromatic rings. The highest BCUT2D eigenvalue weighted by Crippen LogP contribution is 2.25. The topological polar surface area (TPSA) is 69.6 Å². The van der Waals surface area contributed by atoms with Gasteiger partial charge in [-0.15, -0.1) is 6.42 Å². The number of aliphatic carboxylic acids is 1. The fourth-order valence-corrected chi connectivity index (χ4v) is 2.19. The number of terminal acetylenes is 1. The molecule has 106 valence electrons. The van der Waals surface area contributed by atoms with Gasteiger partial charge in [0.2, 0.25) is 5.91 Å². The van der Waals surface area contributed by atoms with Gasteiger partial charge in [-0.2, -0.15) is 0 Å². The van der Waals surface area contributed by atoms with Crippen molar-refractivity contribution >= 4 is 45.1 Å². The van der Waals surface area contributed by atoms with Crippen molar-refractivity contribution < 1.29 is 14.7 Å². The second-order valence-corrected chi connectivity index (χ2v) is 5.24. The van der Waals surface area contributed by atoms with Crippen molar-refractivity contribution in [3.05, 3.63) is 27.7 Å². The second-order valence-electron chi connectivity index (χ2n) is 3.92. The molecule has 0 aliphatic carbocycles. The highest BCUT2D eigenvalue weighted by Gasteiger charge is 2.14. The van der Waals surface area contributed by atoms with E-state index in [0.717, 1.165) is 4.47 Å². The molecule has 0 aliphatic heterocycles. The normalized spacial score (nSPS) is 10.1. The molecule has 0 fully saturated rings. The molecule has 5 nitrogen and oxygen atoms in total. The zero-order valence-corrected chi connectivity index (χ0v) is 12.7. The zero-order valence-electron chi connectivity index (χ0n) is 10.4. The maximum absolute atomic E-state index is 11.8. The third kappa shape index (κ3) is 5.61. The SMILES string of the molecule is C#CCN(CC(=O)O)CC(=O)Nc1ccc(Br)cc1Cl. The van der Waals surface area contributed by atoms with Crippen LogP contribution in [-0.2, 0) is 9.59 Å². The molecular formula is C13H12BrClN2O3. The van der Waals surface area contributed by atoms with E-state index in [-0.39, 0.29) is 25.5 Å². The minimum Gasteiger partial charge on any atom is -0.480 e. The average molecular weight is 360 g/mol. The summed E-state index contributed by atoms with van der Waals surface area (Å²) in [5.41, 5.74) is 0.454. The summed E-state index contributed by atoms with van der Waals surface area (Å²) in [5, 5.41) is 11.7. The van der Waals surface area contributed by atoms with Gasteiger partial charge in [0, 0.05) is 4.47 Å². The Morgan fingerprint density at radius 2 is 2.15 bits per heavy atom. The summed E-state index contributed by atoms with van der Waals surface area (Å²) in [6.07, 6.45) is 5.13. The first-order valence-corrected chi connectivity index (χ1v) is 6.72. The predicted octanol–water partition coefficient (Wildman–Crippen LogP) is 2.06. The lowest BCUT2D eigenvalue weighted by Crippen LogP contribution is -2.37. The number of carboxylic acids is 1. The number of rotatable bonds is 6. The van der Waals surface area contributed by atoms with Crippen molar-refractivity contribution in [2.24, 2.45) is 0 Å². The van der Waals surface area contributed by atoms with E-state index in [1.807, 2.05) is 0 Å². The molecule has 0 heterocycles. The second kappa shape index (κ2) is 7.90. The maximum atomic E-state index is 11.8.